The van der Waals surface area contributed by atoms with E-state index in [-0.39, 0.29) is 11.9 Å². The van der Waals surface area contributed by atoms with E-state index in [1.165, 1.54) is 18.9 Å². The van der Waals surface area contributed by atoms with Crippen LogP contribution < -0.4 is 5.32 Å². The molecule has 1 unspecified atom stereocenters. The zero-order valence-corrected chi connectivity index (χ0v) is 11.4. The third-order valence-corrected chi connectivity index (χ3v) is 3.93. The van der Waals surface area contributed by atoms with Gasteiger partial charge in [0.15, 0.2) is 0 Å². The van der Waals surface area contributed by atoms with Crippen LogP contribution in [0.5, 0.6) is 0 Å². The van der Waals surface area contributed by atoms with Crippen molar-refractivity contribution in [3.05, 3.63) is 35.4 Å². The van der Waals surface area contributed by atoms with Gasteiger partial charge in [0.2, 0.25) is 0 Å². The van der Waals surface area contributed by atoms with E-state index in [2.05, 4.69) is 10.2 Å². The van der Waals surface area contributed by atoms with Crippen molar-refractivity contribution in [2.75, 3.05) is 26.2 Å². The number of hydrogen-bond acceptors (Lipinski definition) is 3. The van der Waals surface area contributed by atoms with Gasteiger partial charge in [-0.3, -0.25) is 4.90 Å². The average molecular weight is 282 g/mol. The number of nitrogens with one attached hydrogen (secondary N) is 1. The minimum atomic E-state index is -0.406. The molecule has 1 aromatic rings. The van der Waals surface area contributed by atoms with Gasteiger partial charge < -0.3 is 10.1 Å². The molecule has 0 aromatic heterocycles. The summed E-state index contributed by atoms with van der Waals surface area (Å²) in [5.74, 6) is -0.778. The van der Waals surface area contributed by atoms with Crippen LogP contribution >= 0.6 is 0 Å². The Balaban J connectivity index is 1.46. The summed E-state index contributed by atoms with van der Waals surface area (Å²) in [6.45, 7) is 3.70. The Morgan fingerprint density at radius 3 is 2.95 bits per heavy atom. The number of morpholine rings is 1. The molecule has 3 rings (SSSR count). The maximum absolute atomic E-state index is 13.5. The van der Waals surface area contributed by atoms with Crippen molar-refractivity contribution in [1.29, 1.82) is 0 Å². The summed E-state index contributed by atoms with van der Waals surface area (Å²) in [4.78, 5) is 2.47. The zero-order valence-electron chi connectivity index (χ0n) is 11.4. The van der Waals surface area contributed by atoms with Crippen LogP contribution in [0, 0.1) is 11.6 Å². The lowest BCUT2D eigenvalue weighted by molar-refractivity contribution is -0.0301. The molecule has 1 aliphatic carbocycles. The third-order valence-electron chi connectivity index (χ3n) is 3.93. The van der Waals surface area contributed by atoms with Crippen molar-refractivity contribution in [1.82, 2.24) is 10.2 Å². The molecule has 1 saturated carbocycles. The molecule has 1 atom stereocenters. The van der Waals surface area contributed by atoms with Crippen LogP contribution in [-0.4, -0.2) is 43.3 Å². The second-order valence-corrected chi connectivity index (χ2v) is 5.59. The molecular weight excluding hydrogens is 262 g/mol. The van der Waals surface area contributed by atoms with Crippen LogP contribution in [0.2, 0.25) is 0 Å². The van der Waals surface area contributed by atoms with Gasteiger partial charge in [-0.25, -0.2) is 8.78 Å². The quantitative estimate of drug-likeness (QED) is 0.893. The van der Waals surface area contributed by atoms with Gasteiger partial charge in [0.25, 0.3) is 0 Å². The first-order valence-electron chi connectivity index (χ1n) is 7.22. The molecule has 2 aliphatic rings. The fourth-order valence-corrected chi connectivity index (χ4v) is 2.68. The van der Waals surface area contributed by atoms with Gasteiger partial charge in [0.05, 0.1) is 12.7 Å². The van der Waals surface area contributed by atoms with Crippen molar-refractivity contribution < 1.29 is 13.5 Å². The molecule has 0 radical (unpaired) electrons. The van der Waals surface area contributed by atoms with Gasteiger partial charge in [-0.1, -0.05) is 0 Å². The van der Waals surface area contributed by atoms with Crippen LogP contribution in [0.25, 0.3) is 0 Å². The average Bonchev–Trinajstić information content (AvgIpc) is 3.28. The zero-order chi connectivity index (χ0) is 13.9. The number of ether oxygens (including phenoxy) is 1. The normalized spacial score (nSPS) is 24.0. The molecule has 0 bridgehead atoms. The van der Waals surface area contributed by atoms with Crippen LogP contribution in [-0.2, 0) is 11.3 Å². The number of halogens is 2. The first-order chi connectivity index (χ1) is 9.72. The van der Waals surface area contributed by atoms with E-state index in [0.717, 1.165) is 37.9 Å². The number of benzene rings is 1. The fraction of sp³-hybridized carbons (Fsp3) is 0.600. The molecule has 1 saturated heterocycles. The van der Waals surface area contributed by atoms with Crippen molar-refractivity contribution >= 4 is 0 Å². The van der Waals surface area contributed by atoms with Gasteiger partial charge in [0, 0.05) is 37.8 Å². The van der Waals surface area contributed by atoms with Crippen molar-refractivity contribution in [2.45, 2.75) is 31.5 Å². The Kier molecular flexibility index (Phi) is 4.29. The predicted octanol–water partition coefficient (Wildman–Crippen LogP) is 1.92. The van der Waals surface area contributed by atoms with Gasteiger partial charge in [-0.2, -0.15) is 0 Å². The lowest BCUT2D eigenvalue weighted by Crippen LogP contribution is -2.47. The largest absolute Gasteiger partial charge is 0.374 e. The first kappa shape index (κ1) is 13.9. The van der Waals surface area contributed by atoms with E-state index in [1.807, 2.05) is 0 Å². The minimum Gasteiger partial charge on any atom is -0.374 e. The van der Waals surface area contributed by atoms with E-state index in [1.54, 1.807) is 0 Å². The summed E-state index contributed by atoms with van der Waals surface area (Å²) in [6, 6.07) is 4.29. The molecule has 1 heterocycles. The van der Waals surface area contributed by atoms with E-state index in [4.69, 9.17) is 4.74 Å². The van der Waals surface area contributed by atoms with Crippen molar-refractivity contribution in [2.24, 2.45) is 0 Å². The molecule has 0 spiro atoms. The van der Waals surface area contributed by atoms with Crippen LogP contribution in [0.4, 0.5) is 8.78 Å². The smallest absolute Gasteiger partial charge is 0.127 e. The maximum Gasteiger partial charge on any atom is 0.127 e. The number of hydrogen-bond donors (Lipinski definition) is 1. The highest BCUT2D eigenvalue weighted by molar-refractivity contribution is 5.18. The van der Waals surface area contributed by atoms with Gasteiger partial charge in [-0.15, -0.1) is 0 Å². The molecule has 3 nitrogen and oxygen atoms in total. The highest BCUT2D eigenvalue weighted by Gasteiger charge is 2.32. The van der Waals surface area contributed by atoms with Crippen molar-refractivity contribution in [3.8, 4) is 0 Å². The molecule has 0 amide bonds. The summed E-state index contributed by atoms with van der Waals surface area (Å²) in [7, 11) is 0. The van der Waals surface area contributed by atoms with Gasteiger partial charge in [0.1, 0.15) is 11.6 Å². The second-order valence-electron chi connectivity index (χ2n) is 5.59. The summed E-state index contributed by atoms with van der Waals surface area (Å²) in [5.41, 5.74) is 0.361. The Hall–Kier alpha value is -1.04. The Labute approximate surface area is 117 Å². The summed E-state index contributed by atoms with van der Waals surface area (Å²) in [5, 5.41) is 3.16. The monoisotopic (exact) mass is 282 g/mol. The van der Waals surface area contributed by atoms with Gasteiger partial charge >= 0.3 is 0 Å². The minimum absolute atomic E-state index is 0.140. The van der Waals surface area contributed by atoms with E-state index >= 15 is 0 Å². The molecular formula is C15H20F2N2O. The van der Waals surface area contributed by atoms with Gasteiger partial charge in [-0.05, 0) is 31.0 Å². The van der Waals surface area contributed by atoms with Crippen LogP contribution in [0.3, 0.4) is 0 Å². The second kappa shape index (κ2) is 6.16. The third kappa shape index (κ3) is 3.53. The lowest BCUT2D eigenvalue weighted by Gasteiger charge is -2.33. The van der Waals surface area contributed by atoms with E-state index in [9.17, 15) is 8.78 Å². The SMILES string of the molecule is Fc1ccc(F)c(CNCC2CN(C3CC3)CCO2)c1. The molecule has 110 valence electrons. The Morgan fingerprint density at radius 1 is 1.30 bits per heavy atom. The molecule has 5 heteroatoms. The maximum atomic E-state index is 13.5. The van der Waals surface area contributed by atoms with Crippen LogP contribution in [0.15, 0.2) is 18.2 Å². The summed E-state index contributed by atoms with van der Waals surface area (Å²) in [6.07, 6.45) is 2.74. The molecule has 1 aromatic carbocycles. The van der Waals surface area contributed by atoms with E-state index < -0.39 is 5.82 Å². The molecule has 1 N–H and O–H groups in total. The standard InChI is InChI=1S/C15H20F2N2O/c16-12-1-4-15(17)11(7-12)8-18-9-14-10-19(5-6-20-14)13-2-3-13/h1,4,7,13-14,18H,2-3,5-6,8-10H2. The highest BCUT2D eigenvalue weighted by Crippen LogP contribution is 2.28. The summed E-state index contributed by atoms with van der Waals surface area (Å²) < 4.78 is 32.2. The molecule has 2 fully saturated rings. The predicted molar refractivity (Wildman–Crippen MR) is 72.4 cm³/mol. The van der Waals surface area contributed by atoms with Crippen molar-refractivity contribution in [3.63, 3.8) is 0 Å². The van der Waals surface area contributed by atoms with Crippen LogP contribution in [0.1, 0.15) is 18.4 Å². The Bertz CT molecular complexity index is 465. The fourth-order valence-electron chi connectivity index (χ4n) is 2.68. The summed E-state index contributed by atoms with van der Waals surface area (Å²) >= 11 is 0. The topological polar surface area (TPSA) is 24.5 Å². The number of rotatable bonds is 5. The Morgan fingerprint density at radius 2 is 2.15 bits per heavy atom. The first-order valence-corrected chi connectivity index (χ1v) is 7.22. The molecule has 20 heavy (non-hydrogen) atoms. The number of nitrogens with zero attached hydrogens (tertiary/aromatic N) is 1. The molecule has 1 aliphatic heterocycles. The lowest BCUT2D eigenvalue weighted by atomic mass is 10.2. The highest BCUT2D eigenvalue weighted by atomic mass is 19.1. The van der Waals surface area contributed by atoms with E-state index in [0.29, 0.717) is 18.7 Å².